The minimum absolute atomic E-state index is 0.250. The van der Waals surface area contributed by atoms with Crippen LogP contribution >= 0.6 is 11.5 Å². The normalized spacial score (nSPS) is 13.8. The molecule has 1 amide bonds. The van der Waals surface area contributed by atoms with E-state index in [1.165, 1.54) is 29.9 Å². The Hall–Kier alpha value is -3.72. The van der Waals surface area contributed by atoms with Crippen LogP contribution in [0.1, 0.15) is 60.1 Å². The maximum Gasteiger partial charge on any atom is 0.412 e. The van der Waals surface area contributed by atoms with Crippen molar-refractivity contribution in [3.8, 4) is 11.8 Å². The van der Waals surface area contributed by atoms with Crippen LogP contribution in [0.5, 0.6) is 0 Å². The number of carbonyl (C=O) groups excluding carboxylic acids is 3. The number of ether oxygens (including phenoxy) is 1. The summed E-state index contributed by atoms with van der Waals surface area (Å²) in [6.45, 7) is 5.99. The van der Waals surface area contributed by atoms with Crippen molar-refractivity contribution in [1.82, 2.24) is 4.37 Å². The topological polar surface area (TPSA) is 85.4 Å². The molecule has 3 aromatic rings. The number of carbonyl (C=O) groups is 1. The summed E-state index contributed by atoms with van der Waals surface area (Å²) < 4.78 is 9.85. The number of anilines is 1. The van der Waals surface area contributed by atoms with Gasteiger partial charge in [-0.25, -0.2) is 4.79 Å². The number of amides is 1. The molecule has 2 aromatic carbocycles. The second-order valence-electron chi connectivity index (χ2n) is 8.03. The van der Waals surface area contributed by atoms with Crippen LogP contribution in [0, 0.1) is 18.8 Å². The van der Waals surface area contributed by atoms with Crippen molar-refractivity contribution < 1.29 is 19.1 Å². The Labute approximate surface area is 197 Å². The van der Waals surface area contributed by atoms with E-state index in [1.807, 2.05) is 44.2 Å². The van der Waals surface area contributed by atoms with Gasteiger partial charge in [0.25, 0.3) is 0 Å². The first-order chi connectivity index (χ1) is 15.9. The maximum absolute atomic E-state index is 12.4. The highest BCUT2D eigenvalue weighted by Gasteiger charge is 2.38. The molecule has 4 rings (SSSR count). The molecule has 1 saturated carbocycles. The molecule has 1 heterocycles. The molecule has 1 aromatic heterocycles. The van der Waals surface area contributed by atoms with Crippen molar-refractivity contribution in [3.05, 3.63) is 81.9 Å². The van der Waals surface area contributed by atoms with Gasteiger partial charge in [-0.05, 0) is 72.8 Å². The van der Waals surface area contributed by atoms with E-state index < -0.39 is 6.09 Å². The van der Waals surface area contributed by atoms with Crippen molar-refractivity contribution in [2.24, 2.45) is 0 Å². The summed E-state index contributed by atoms with van der Waals surface area (Å²) in [5.74, 6) is 6.33. The van der Waals surface area contributed by atoms with E-state index in [1.54, 1.807) is 0 Å². The van der Waals surface area contributed by atoms with E-state index >= 15 is 0 Å². The predicted molar refractivity (Wildman–Crippen MR) is 126 cm³/mol. The lowest BCUT2D eigenvalue weighted by atomic mass is 9.97. The highest BCUT2D eigenvalue weighted by molar-refractivity contribution is 7.07. The van der Waals surface area contributed by atoms with Gasteiger partial charge in [-0.2, -0.15) is 14.0 Å². The van der Waals surface area contributed by atoms with Gasteiger partial charge in [0.1, 0.15) is 11.0 Å². The zero-order chi connectivity index (χ0) is 23.8. The van der Waals surface area contributed by atoms with Crippen molar-refractivity contribution in [3.63, 3.8) is 0 Å². The number of benzene rings is 2. The van der Waals surface area contributed by atoms with Crippen LogP contribution in [0.15, 0.2) is 54.6 Å². The molecule has 1 unspecified atom stereocenters. The van der Waals surface area contributed by atoms with E-state index in [2.05, 4.69) is 52.7 Å². The van der Waals surface area contributed by atoms with Crippen molar-refractivity contribution >= 4 is 29.5 Å². The zero-order valence-electron chi connectivity index (χ0n) is 18.7. The quantitative estimate of drug-likeness (QED) is 0.510. The van der Waals surface area contributed by atoms with Crippen LogP contribution in [-0.4, -0.2) is 16.6 Å². The lowest BCUT2D eigenvalue weighted by molar-refractivity contribution is -0.191. The smallest absolute Gasteiger partial charge is 0.412 e. The first-order valence-corrected chi connectivity index (χ1v) is 11.2. The number of aromatic nitrogens is 1. The second-order valence-corrected chi connectivity index (χ2v) is 8.80. The highest BCUT2D eigenvalue weighted by atomic mass is 32.1. The SMILES string of the molecule is Cc1nsc(C#Cc2ccc(C3(C)CC3)cc2)c1NC(=O)OC(C)c1ccccc1.O=C=O. The van der Waals surface area contributed by atoms with E-state index in [-0.39, 0.29) is 12.3 Å². The molecule has 6 nitrogen and oxygen atoms in total. The van der Waals surface area contributed by atoms with E-state index in [0.29, 0.717) is 11.1 Å². The average molecular weight is 461 g/mol. The zero-order valence-corrected chi connectivity index (χ0v) is 19.5. The molecule has 0 radical (unpaired) electrons. The van der Waals surface area contributed by atoms with Crippen LogP contribution in [0.3, 0.4) is 0 Å². The second kappa shape index (κ2) is 10.7. The molecule has 1 atom stereocenters. The van der Waals surface area contributed by atoms with Gasteiger partial charge in [0.05, 0.1) is 11.4 Å². The third-order valence-electron chi connectivity index (χ3n) is 5.54. The van der Waals surface area contributed by atoms with Gasteiger partial charge in [0.2, 0.25) is 0 Å². The van der Waals surface area contributed by atoms with Crippen LogP contribution in [-0.2, 0) is 19.7 Å². The number of hydrogen-bond acceptors (Lipinski definition) is 6. The molecule has 0 spiro atoms. The Morgan fingerprint density at radius 2 is 1.73 bits per heavy atom. The fourth-order valence-corrected chi connectivity index (χ4v) is 3.95. The standard InChI is InChI=1S/C25H24N2O2S.CO2/c1-17-23(26-24(28)29-18(2)20-7-5-4-6-8-20)22(30-27-17)14-11-19-9-12-21(13-10-19)25(3)15-16-25;2-1-3/h4-10,12-13,18H,15-16H2,1-3H3,(H,26,28);. The van der Waals surface area contributed by atoms with Gasteiger partial charge < -0.3 is 4.74 Å². The molecule has 168 valence electrons. The predicted octanol–water partition coefficient (Wildman–Crippen LogP) is 5.63. The Kier molecular flexibility index (Phi) is 7.78. The summed E-state index contributed by atoms with van der Waals surface area (Å²) in [5, 5.41) is 2.82. The van der Waals surface area contributed by atoms with E-state index in [4.69, 9.17) is 14.3 Å². The van der Waals surface area contributed by atoms with Crippen LogP contribution in [0.2, 0.25) is 0 Å². The van der Waals surface area contributed by atoms with Crippen LogP contribution in [0.4, 0.5) is 10.5 Å². The molecule has 7 heteroatoms. The van der Waals surface area contributed by atoms with Crippen molar-refractivity contribution in [2.75, 3.05) is 5.32 Å². The molecule has 1 fully saturated rings. The number of nitrogens with one attached hydrogen (secondary N) is 1. The van der Waals surface area contributed by atoms with Crippen LogP contribution in [0.25, 0.3) is 0 Å². The average Bonchev–Trinajstić information content (AvgIpc) is 3.48. The summed E-state index contributed by atoms with van der Waals surface area (Å²) in [6.07, 6.45) is 1.90. The molecule has 0 bridgehead atoms. The number of aryl methyl sites for hydroxylation is 1. The van der Waals surface area contributed by atoms with Gasteiger partial charge in [-0.3, -0.25) is 5.32 Å². The van der Waals surface area contributed by atoms with Gasteiger partial charge in [-0.15, -0.1) is 0 Å². The largest absolute Gasteiger partial charge is 0.441 e. The monoisotopic (exact) mass is 460 g/mol. The van der Waals surface area contributed by atoms with Gasteiger partial charge in [-0.1, -0.05) is 55.3 Å². The lowest BCUT2D eigenvalue weighted by Gasteiger charge is -2.14. The molecular weight excluding hydrogens is 436 g/mol. The Balaban J connectivity index is 0.000000968. The van der Waals surface area contributed by atoms with Crippen molar-refractivity contribution in [2.45, 2.75) is 45.1 Å². The van der Waals surface area contributed by atoms with Gasteiger partial charge >= 0.3 is 12.2 Å². The van der Waals surface area contributed by atoms with E-state index in [9.17, 15) is 4.79 Å². The molecule has 1 aliphatic rings. The molecule has 33 heavy (non-hydrogen) atoms. The number of hydrogen-bond donors (Lipinski definition) is 1. The third-order valence-corrected chi connectivity index (χ3v) is 6.40. The lowest BCUT2D eigenvalue weighted by Crippen LogP contribution is -2.16. The highest BCUT2D eigenvalue weighted by Crippen LogP contribution is 2.47. The first kappa shape index (κ1) is 23.9. The Morgan fingerprint density at radius 3 is 2.33 bits per heavy atom. The summed E-state index contributed by atoms with van der Waals surface area (Å²) in [6, 6.07) is 18.1. The fraction of sp³-hybridized carbons (Fsp3) is 0.269. The van der Waals surface area contributed by atoms with E-state index in [0.717, 1.165) is 21.7 Å². The molecule has 0 aliphatic heterocycles. The minimum atomic E-state index is -0.514. The molecule has 1 N–H and O–H groups in total. The maximum atomic E-state index is 12.4. The summed E-state index contributed by atoms with van der Waals surface area (Å²) in [4.78, 5) is 29.4. The van der Waals surface area contributed by atoms with Gasteiger partial charge in [0, 0.05) is 5.56 Å². The molecule has 0 saturated heterocycles. The summed E-state index contributed by atoms with van der Waals surface area (Å²) in [5.41, 5.74) is 4.95. The van der Waals surface area contributed by atoms with Crippen LogP contribution < -0.4 is 5.32 Å². The summed E-state index contributed by atoms with van der Waals surface area (Å²) >= 11 is 1.28. The Bertz CT molecular complexity index is 1200. The van der Waals surface area contributed by atoms with Gasteiger partial charge in [0.15, 0.2) is 0 Å². The number of rotatable bonds is 4. The Morgan fingerprint density at radius 1 is 1.09 bits per heavy atom. The minimum Gasteiger partial charge on any atom is -0.441 e. The molecule has 1 aliphatic carbocycles. The summed E-state index contributed by atoms with van der Waals surface area (Å²) in [7, 11) is 0. The first-order valence-electron chi connectivity index (χ1n) is 10.5. The number of nitrogens with zero attached hydrogens (tertiary/aromatic N) is 1. The fourth-order valence-electron chi connectivity index (χ4n) is 3.25. The third kappa shape index (κ3) is 6.39. The van der Waals surface area contributed by atoms with Crippen molar-refractivity contribution in [1.29, 1.82) is 0 Å². The molecular formula is C26H24N2O4S.